The van der Waals surface area contributed by atoms with E-state index < -0.39 is 0 Å². The lowest BCUT2D eigenvalue weighted by Gasteiger charge is -2.27. The van der Waals surface area contributed by atoms with E-state index in [-0.39, 0.29) is 5.91 Å². The molecule has 7 heteroatoms. The molecule has 3 rings (SSSR count). The molecule has 0 fully saturated rings. The molecular weight excluding hydrogens is 362 g/mol. The first-order valence-corrected chi connectivity index (χ1v) is 9.20. The van der Waals surface area contributed by atoms with E-state index in [0.717, 1.165) is 12.2 Å². The minimum Gasteiger partial charge on any atom is -0.369 e. The van der Waals surface area contributed by atoms with Gasteiger partial charge in [-0.3, -0.25) is 4.79 Å². The van der Waals surface area contributed by atoms with E-state index >= 15 is 0 Å². The van der Waals surface area contributed by atoms with Gasteiger partial charge in [0, 0.05) is 28.9 Å². The average molecular weight is 384 g/mol. The van der Waals surface area contributed by atoms with Crippen LogP contribution >= 0.6 is 11.6 Å². The maximum atomic E-state index is 12.7. The van der Waals surface area contributed by atoms with Crippen LogP contribution in [-0.4, -0.2) is 33.3 Å². The van der Waals surface area contributed by atoms with E-state index in [1.807, 2.05) is 24.3 Å². The number of nitrogens with zero attached hydrogens (tertiary/aromatic N) is 4. The Hall–Kier alpha value is -2.86. The Bertz CT molecular complexity index is 907. The van der Waals surface area contributed by atoms with Crippen LogP contribution in [0.4, 0.5) is 11.4 Å². The molecule has 6 nitrogen and oxygen atoms in total. The fourth-order valence-corrected chi connectivity index (χ4v) is 3.16. The van der Waals surface area contributed by atoms with E-state index in [1.165, 1.54) is 6.33 Å². The highest BCUT2D eigenvalue weighted by Crippen LogP contribution is 2.25. The van der Waals surface area contributed by atoms with E-state index in [4.69, 9.17) is 11.6 Å². The molecule has 0 aliphatic heterocycles. The molecule has 0 atom stereocenters. The van der Waals surface area contributed by atoms with Crippen molar-refractivity contribution in [3.63, 3.8) is 0 Å². The molecule has 1 aromatic heterocycles. The van der Waals surface area contributed by atoms with Gasteiger partial charge in [-0.2, -0.15) is 5.10 Å². The van der Waals surface area contributed by atoms with Gasteiger partial charge in [0.25, 0.3) is 5.91 Å². The standard InChI is InChI=1S/C20H22ClN5O/c1-4-25(14(2)3)17-8-5-15(6-9-17)20(27)24-18-11-16(21)7-10-19(18)26-13-22-12-23-26/h5-14H,4H2,1-3H3,(H,24,27). The third-order valence-electron chi connectivity index (χ3n) is 4.30. The number of amides is 1. The number of anilines is 2. The lowest BCUT2D eigenvalue weighted by atomic mass is 10.1. The SMILES string of the molecule is CCN(c1ccc(C(=O)Nc2cc(Cl)ccc2-n2cncn2)cc1)C(C)C. The van der Waals surface area contributed by atoms with Gasteiger partial charge in [0.1, 0.15) is 12.7 Å². The highest BCUT2D eigenvalue weighted by Gasteiger charge is 2.13. The molecule has 0 unspecified atom stereocenters. The predicted octanol–water partition coefficient (Wildman–Crippen LogP) is 4.41. The Labute approximate surface area is 163 Å². The zero-order valence-corrected chi connectivity index (χ0v) is 16.3. The fraction of sp³-hybridized carbons (Fsp3) is 0.250. The molecule has 1 heterocycles. The second-order valence-electron chi connectivity index (χ2n) is 6.38. The van der Waals surface area contributed by atoms with Crippen molar-refractivity contribution in [2.45, 2.75) is 26.8 Å². The van der Waals surface area contributed by atoms with Crippen molar-refractivity contribution < 1.29 is 4.79 Å². The number of halogens is 1. The summed E-state index contributed by atoms with van der Waals surface area (Å²) in [6, 6.07) is 13.2. The van der Waals surface area contributed by atoms with Gasteiger partial charge in [-0.15, -0.1) is 0 Å². The molecule has 0 aliphatic rings. The van der Waals surface area contributed by atoms with E-state index in [1.54, 1.807) is 29.2 Å². The molecule has 0 saturated carbocycles. The molecule has 1 amide bonds. The largest absolute Gasteiger partial charge is 0.369 e. The van der Waals surface area contributed by atoms with Crippen LogP contribution in [0.15, 0.2) is 55.1 Å². The van der Waals surface area contributed by atoms with Crippen molar-refractivity contribution in [1.29, 1.82) is 0 Å². The Morgan fingerprint density at radius 2 is 1.96 bits per heavy atom. The van der Waals surface area contributed by atoms with Gasteiger partial charge in [0.15, 0.2) is 0 Å². The highest BCUT2D eigenvalue weighted by molar-refractivity contribution is 6.31. The molecule has 140 valence electrons. The average Bonchev–Trinajstić information content (AvgIpc) is 3.17. The number of hydrogen-bond donors (Lipinski definition) is 1. The Morgan fingerprint density at radius 3 is 2.56 bits per heavy atom. The third kappa shape index (κ3) is 4.28. The third-order valence-corrected chi connectivity index (χ3v) is 4.53. The van der Waals surface area contributed by atoms with E-state index in [9.17, 15) is 4.79 Å². The van der Waals surface area contributed by atoms with Crippen LogP contribution in [-0.2, 0) is 0 Å². The van der Waals surface area contributed by atoms with Crippen LogP contribution in [0.3, 0.4) is 0 Å². The summed E-state index contributed by atoms with van der Waals surface area (Å²) in [4.78, 5) is 18.9. The summed E-state index contributed by atoms with van der Waals surface area (Å²) < 4.78 is 1.58. The molecule has 0 spiro atoms. The molecule has 2 aromatic carbocycles. The molecule has 27 heavy (non-hydrogen) atoms. The summed E-state index contributed by atoms with van der Waals surface area (Å²) in [5.74, 6) is -0.210. The first kappa shape index (κ1) is 18.9. The minimum atomic E-state index is -0.210. The van der Waals surface area contributed by atoms with Gasteiger partial charge in [0.2, 0.25) is 0 Å². The second-order valence-corrected chi connectivity index (χ2v) is 6.82. The van der Waals surface area contributed by atoms with Crippen molar-refractivity contribution in [2.75, 3.05) is 16.8 Å². The monoisotopic (exact) mass is 383 g/mol. The summed E-state index contributed by atoms with van der Waals surface area (Å²) in [6.45, 7) is 7.32. The zero-order valence-electron chi connectivity index (χ0n) is 15.6. The Balaban J connectivity index is 1.83. The highest BCUT2D eigenvalue weighted by atomic mass is 35.5. The lowest BCUT2D eigenvalue weighted by Crippen LogP contribution is -2.30. The molecule has 0 radical (unpaired) electrons. The van der Waals surface area contributed by atoms with Crippen LogP contribution < -0.4 is 10.2 Å². The Kier molecular flexibility index (Phi) is 5.76. The lowest BCUT2D eigenvalue weighted by molar-refractivity contribution is 0.102. The van der Waals surface area contributed by atoms with Gasteiger partial charge >= 0.3 is 0 Å². The molecule has 0 bridgehead atoms. The van der Waals surface area contributed by atoms with Gasteiger partial charge in [-0.1, -0.05) is 11.6 Å². The maximum Gasteiger partial charge on any atom is 0.255 e. The summed E-state index contributed by atoms with van der Waals surface area (Å²) in [5, 5.41) is 7.56. The van der Waals surface area contributed by atoms with Crippen molar-refractivity contribution in [2.24, 2.45) is 0 Å². The van der Waals surface area contributed by atoms with Gasteiger partial charge in [-0.25, -0.2) is 9.67 Å². The van der Waals surface area contributed by atoms with Crippen LogP contribution in [0.25, 0.3) is 5.69 Å². The molecule has 0 aliphatic carbocycles. The van der Waals surface area contributed by atoms with Crippen LogP contribution in [0.2, 0.25) is 5.02 Å². The smallest absolute Gasteiger partial charge is 0.255 e. The van der Waals surface area contributed by atoms with Gasteiger partial charge in [-0.05, 0) is 63.2 Å². The maximum absolute atomic E-state index is 12.7. The number of carbonyl (C=O) groups excluding carboxylic acids is 1. The predicted molar refractivity (Wildman–Crippen MR) is 109 cm³/mol. The van der Waals surface area contributed by atoms with E-state index in [0.29, 0.717) is 28.0 Å². The quantitative estimate of drug-likeness (QED) is 0.684. The number of nitrogens with one attached hydrogen (secondary N) is 1. The normalized spacial score (nSPS) is 10.9. The van der Waals surface area contributed by atoms with Gasteiger partial charge < -0.3 is 10.2 Å². The molecular formula is C20H22ClN5O. The summed E-state index contributed by atoms with van der Waals surface area (Å²) in [7, 11) is 0. The summed E-state index contributed by atoms with van der Waals surface area (Å²) >= 11 is 6.11. The topological polar surface area (TPSA) is 63.1 Å². The van der Waals surface area contributed by atoms with Crippen molar-refractivity contribution >= 4 is 28.9 Å². The van der Waals surface area contributed by atoms with Crippen molar-refractivity contribution in [1.82, 2.24) is 14.8 Å². The first-order chi connectivity index (χ1) is 13.0. The van der Waals surface area contributed by atoms with Crippen molar-refractivity contribution in [3.05, 3.63) is 65.7 Å². The molecule has 3 aromatic rings. The second kappa shape index (κ2) is 8.22. The minimum absolute atomic E-state index is 0.210. The molecule has 0 saturated heterocycles. The van der Waals surface area contributed by atoms with Gasteiger partial charge in [0.05, 0.1) is 11.4 Å². The zero-order chi connectivity index (χ0) is 19.4. The van der Waals surface area contributed by atoms with Crippen LogP contribution in [0.1, 0.15) is 31.1 Å². The number of rotatable bonds is 6. The Morgan fingerprint density at radius 1 is 1.22 bits per heavy atom. The molecule has 1 N–H and O–H groups in total. The number of aromatic nitrogens is 3. The fourth-order valence-electron chi connectivity index (χ4n) is 2.99. The van der Waals surface area contributed by atoms with Crippen molar-refractivity contribution in [3.8, 4) is 5.69 Å². The van der Waals surface area contributed by atoms with Crippen LogP contribution in [0, 0.1) is 0 Å². The number of carbonyl (C=O) groups is 1. The van der Waals surface area contributed by atoms with E-state index in [2.05, 4.69) is 41.1 Å². The first-order valence-electron chi connectivity index (χ1n) is 8.82. The summed E-state index contributed by atoms with van der Waals surface area (Å²) in [5.41, 5.74) is 2.93. The number of benzene rings is 2. The summed E-state index contributed by atoms with van der Waals surface area (Å²) in [6.07, 6.45) is 3.01. The van der Waals surface area contributed by atoms with Crippen LogP contribution in [0.5, 0.6) is 0 Å². The number of hydrogen-bond acceptors (Lipinski definition) is 4.